The predicted octanol–water partition coefficient (Wildman–Crippen LogP) is 5.50. The quantitative estimate of drug-likeness (QED) is 0.554. The van der Waals surface area contributed by atoms with Gasteiger partial charge in [-0.25, -0.2) is 4.98 Å². The number of carbonyl (C=O) groups is 1. The second kappa shape index (κ2) is 8.07. The molecule has 1 amide bonds. The number of nitrogens with one attached hydrogen (secondary N) is 1. The smallest absolute Gasteiger partial charge is 0.257 e. The van der Waals surface area contributed by atoms with Crippen LogP contribution in [0.5, 0.6) is 11.5 Å². The number of anilines is 1. The first-order valence-corrected chi connectivity index (χ1v) is 9.52. The van der Waals surface area contributed by atoms with Crippen LogP contribution in [0.3, 0.4) is 0 Å². The van der Waals surface area contributed by atoms with Gasteiger partial charge >= 0.3 is 0 Å². The van der Waals surface area contributed by atoms with Crippen LogP contribution in [-0.4, -0.2) is 25.1 Å². The van der Waals surface area contributed by atoms with Gasteiger partial charge in [-0.2, -0.15) is 0 Å². The average molecular weight is 454 g/mol. The van der Waals surface area contributed by atoms with Crippen molar-refractivity contribution in [2.24, 2.45) is 0 Å². The highest BCUT2D eigenvalue weighted by atomic mass is 79.9. The normalized spacial score (nSPS) is 10.5. The van der Waals surface area contributed by atoms with Crippen molar-refractivity contribution in [1.82, 2.24) is 4.98 Å². The lowest BCUT2D eigenvalue weighted by molar-refractivity contribution is 0.102. The van der Waals surface area contributed by atoms with Crippen molar-refractivity contribution in [3.8, 4) is 22.8 Å². The topological polar surface area (TPSA) is 60.5 Å². The molecule has 134 valence electrons. The van der Waals surface area contributed by atoms with Crippen molar-refractivity contribution in [2.45, 2.75) is 0 Å². The number of thiazole rings is 1. The Balaban J connectivity index is 1.84. The standard InChI is InChI=1S/C18H14BrClN2O3S/c1-24-14-7-10(8-15(25-2)16(14)19)17(23)22-18-21-13(9-26-18)11-5-3-4-6-12(11)20/h3-9H,1-2H3,(H,21,22,23). The molecule has 3 rings (SSSR count). The van der Waals surface area contributed by atoms with Gasteiger partial charge in [-0.1, -0.05) is 29.8 Å². The first-order chi connectivity index (χ1) is 12.5. The predicted molar refractivity (Wildman–Crippen MR) is 108 cm³/mol. The molecule has 8 heteroatoms. The van der Waals surface area contributed by atoms with Crippen LogP contribution in [0, 0.1) is 0 Å². The van der Waals surface area contributed by atoms with Gasteiger partial charge in [0.25, 0.3) is 5.91 Å². The van der Waals surface area contributed by atoms with E-state index in [0.29, 0.717) is 37.4 Å². The fraction of sp³-hybridized carbons (Fsp3) is 0.111. The van der Waals surface area contributed by atoms with Gasteiger partial charge in [-0.15, -0.1) is 11.3 Å². The molecule has 1 N–H and O–H groups in total. The van der Waals surface area contributed by atoms with Crippen molar-refractivity contribution < 1.29 is 14.3 Å². The third kappa shape index (κ3) is 3.85. The largest absolute Gasteiger partial charge is 0.495 e. The summed E-state index contributed by atoms with van der Waals surface area (Å²) >= 11 is 10.9. The summed E-state index contributed by atoms with van der Waals surface area (Å²) in [4.78, 5) is 17.0. The molecule has 1 aromatic heterocycles. The van der Waals surface area contributed by atoms with Crippen LogP contribution in [-0.2, 0) is 0 Å². The molecule has 0 radical (unpaired) electrons. The molecular formula is C18H14BrClN2O3S. The summed E-state index contributed by atoms with van der Waals surface area (Å²) in [6.07, 6.45) is 0. The van der Waals surface area contributed by atoms with E-state index in [1.54, 1.807) is 18.2 Å². The number of aromatic nitrogens is 1. The number of hydrogen-bond acceptors (Lipinski definition) is 5. The van der Waals surface area contributed by atoms with E-state index in [1.807, 2.05) is 23.6 Å². The van der Waals surface area contributed by atoms with Crippen molar-refractivity contribution in [2.75, 3.05) is 19.5 Å². The summed E-state index contributed by atoms with van der Waals surface area (Å²) in [6.45, 7) is 0. The summed E-state index contributed by atoms with van der Waals surface area (Å²) < 4.78 is 11.2. The Kier molecular flexibility index (Phi) is 5.80. The molecule has 0 bridgehead atoms. The third-order valence-electron chi connectivity index (χ3n) is 3.58. The summed E-state index contributed by atoms with van der Waals surface area (Å²) in [7, 11) is 3.05. The maximum Gasteiger partial charge on any atom is 0.257 e. The van der Waals surface area contributed by atoms with Crippen LogP contribution in [0.1, 0.15) is 10.4 Å². The molecule has 0 spiro atoms. The van der Waals surface area contributed by atoms with E-state index in [9.17, 15) is 4.79 Å². The summed E-state index contributed by atoms with van der Waals surface area (Å²) in [6, 6.07) is 10.7. The Morgan fingerprint density at radius 3 is 2.46 bits per heavy atom. The fourth-order valence-corrected chi connectivity index (χ4v) is 3.78. The molecule has 2 aromatic carbocycles. The second-order valence-corrected chi connectivity index (χ2v) is 7.22. The van der Waals surface area contributed by atoms with E-state index in [2.05, 4.69) is 26.2 Å². The molecule has 0 aliphatic heterocycles. The highest BCUT2D eigenvalue weighted by Crippen LogP contribution is 2.36. The van der Waals surface area contributed by atoms with Crippen LogP contribution in [0.4, 0.5) is 5.13 Å². The summed E-state index contributed by atoms with van der Waals surface area (Å²) in [5, 5.41) is 5.72. The zero-order valence-corrected chi connectivity index (χ0v) is 17.0. The van der Waals surface area contributed by atoms with Gasteiger partial charge in [0.05, 0.1) is 19.9 Å². The van der Waals surface area contributed by atoms with E-state index < -0.39 is 0 Å². The molecule has 0 aliphatic carbocycles. The highest BCUT2D eigenvalue weighted by molar-refractivity contribution is 9.10. The zero-order valence-electron chi connectivity index (χ0n) is 13.9. The molecule has 0 saturated carbocycles. The molecule has 0 fully saturated rings. The molecule has 1 heterocycles. The average Bonchev–Trinajstić information content (AvgIpc) is 3.10. The molecule has 0 atom stereocenters. The number of halogens is 2. The maximum absolute atomic E-state index is 12.6. The number of amides is 1. The van der Waals surface area contributed by atoms with Crippen molar-refractivity contribution in [3.05, 3.63) is 56.8 Å². The zero-order chi connectivity index (χ0) is 18.7. The summed E-state index contributed by atoms with van der Waals surface area (Å²) in [5.41, 5.74) is 1.93. The number of benzene rings is 2. The van der Waals surface area contributed by atoms with Gasteiger partial charge in [0.1, 0.15) is 16.0 Å². The molecule has 3 aromatic rings. The summed E-state index contributed by atoms with van der Waals surface area (Å²) in [5.74, 6) is 0.699. The van der Waals surface area contributed by atoms with Crippen LogP contribution in [0.25, 0.3) is 11.3 Å². The van der Waals surface area contributed by atoms with Gasteiger partial charge in [0.15, 0.2) is 5.13 Å². The lowest BCUT2D eigenvalue weighted by atomic mass is 10.2. The van der Waals surface area contributed by atoms with Crippen molar-refractivity contribution in [3.63, 3.8) is 0 Å². The van der Waals surface area contributed by atoms with Crippen molar-refractivity contribution >= 4 is 49.9 Å². The third-order valence-corrected chi connectivity index (χ3v) is 5.45. The number of methoxy groups -OCH3 is 2. The van der Waals surface area contributed by atoms with E-state index in [0.717, 1.165) is 5.56 Å². The molecule has 0 aliphatic rings. The number of ether oxygens (including phenoxy) is 2. The minimum atomic E-state index is -0.311. The maximum atomic E-state index is 12.6. The first kappa shape index (κ1) is 18.7. The van der Waals surface area contributed by atoms with E-state index in [-0.39, 0.29) is 5.91 Å². The highest BCUT2D eigenvalue weighted by Gasteiger charge is 2.16. The minimum absolute atomic E-state index is 0.311. The van der Waals surface area contributed by atoms with E-state index in [1.165, 1.54) is 25.6 Å². The molecule has 5 nitrogen and oxygen atoms in total. The Bertz CT molecular complexity index is 936. The van der Waals surface area contributed by atoms with Gasteiger partial charge in [0, 0.05) is 21.5 Å². The Morgan fingerprint density at radius 1 is 1.19 bits per heavy atom. The molecule has 26 heavy (non-hydrogen) atoms. The number of nitrogens with zero attached hydrogens (tertiary/aromatic N) is 1. The molecule has 0 unspecified atom stereocenters. The number of rotatable bonds is 5. The Morgan fingerprint density at radius 2 is 1.85 bits per heavy atom. The molecule has 0 saturated heterocycles. The van der Waals surface area contributed by atoms with Gasteiger partial charge in [0.2, 0.25) is 0 Å². The van der Waals surface area contributed by atoms with Gasteiger partial charge in [-0.3, -0.25) is 10.1 Å². The Hall–Kier alpha value is -2.09. The fourth-order valence-electron chi connectivity index (χ4n) is 2.29. The van der Waals surface area contributed by atoms with Gasteiger partial charge < -0.3 is 9.47 Å². The SMILES string of the molecule is COc1cc(C(=O)Nc2nc(-c3ccccc3Cl)cs2)cc(OC)c1Br. The van der Waals surface area contributed by atoms with Crippen LogP contribution in [0.2, 0.25) is 5.02 Å². The lowest BCUT2D eigenvalue weighted by Gasteiger charge is -2.11. The monoisotopic (exact) mass is 452 g/mol. The molecular weight excluding hydrogens is 440 g/mol. The van der Waals surface area contributed by atoms with Gasteiger partial charge in [-0.05, 0) is 34.1 Å². The van der Waals surface area contributed by atoms with Crippen LogP contribution in [0.15, 0.2) is 46.3 Å². The second-order valence-electron chi connectivity index (χ2n) is 5.17. The number of hydrogen-bond donors (Lipinski definition) is 1. The lowest BCUT2D eigenvalue weighted by Crippen LogP contribution is -2.12. The Labute approximate surface area is 168 Å². The first-order valence-electron chi connectivity index (χ1n) is 7.46. The van der Waals surface area contributed by atoms with Crippen LogP contribution < -0.4 is 14.8 Å². The van der Waals surface area contributed by atoms with Crippen LogP contribution >= 0.6 is 38.9 Å². The number of carbonyl (C=O) groups excluding carboxylic acids is 1. The van der Waals surface area contributed by atoms with E-state index >= 15 is 0 Å². The van der Waals surface area contributed by atoms with Crippen molar-refractivity contribution in [1.29, 1.82) is 0 Å². The van der Waals surface area contributed by atoms with E-state index in [4.69, 9.17) is 21.1 Å². The minimum Gasteiger partial charge on any atom is -0.495 e.